The number of nitriles is 1. The lowest BCUT2D eigenvalue weighted by atomic mass is 10.1. The van der Waals surface area contributed by atoms with Crippen molar-refractivity contribution in [2.75, 3.05) is 13.4 Å². The van der Waals surface area contributed by atoms with Crippen LogP contribution in [0.2, 0.25) is 0 Å². The van der Waals surface area contributed by atoms with Crippen LogP contribution >= 0.6 is 11.8 Å². The van der Waals surface area contributed by atoms with Crippen molar-refractivity contribution < 1.29 is 17.7 Å². The number of methoxy groups -OCH3 is 1. The molecule has 1 aromatic carbocycles. The van der Waals surface area contributed by atoms with E-state index in [0.29, 0.717) is 0 Å². The molecule has 0 saturated carbocycles. The number of nitrogens with zero attached hydrogens (tertiary/aromatic N) is 2. The Morgan fingerprint density at radius 3 is 2.65 bits per heavy atom. The van der Waals surface area contributed by atoms with E-state index >= 15 is 0 Å². The van der Waals surface area contributed by atoms with Gasteiger partial charge in [0.2, 0.25) is 0 Å². The number of aromatic nitrogens is 2. The summed E-state index contributed by atoms with van der Waals surface area (Å²) in [7, 11) is -3.30. The molecular weight excluding hydrogens is 342 g/mol. The predicted molar refractivity (Wildman–Crippen MR) is 83.2 cm³/mol. The zero-order chi connectivity index (χ0) is 17.2. The molecule has 10 heteroatoms. The molecule has 0 atom stereocenters. The third-order valence-corrected chi connectivity index (χ3v) is 4.37. The SMILES string of the molecule is COc1ccc(-c2nc(SC)[nH]c(=O)c2C#N)cc1S(=O)(=O)O. The Balaban J connectivity index is 2.81. The highest BCUT2D eigenvalue weighted by Gasteiger charge is 2.20. The van der Waals surface area contributed by atoms with Gasteiger partial charge in [0, 0.05) is 5.56 Å². The Bertz CT molecular complexity index is 961. The van der Waals surface area contributed by atoms with E-state index in [0.717, 1.165) is 17.8 Å². The first-order valence-electron chi connectivity index (χ1n) is 6.06. The van der Waals surface area contributed by atoms with E-state index in [2.05, 4.69) is 9.97 Å². The molecule has 0 spiro atoms. The zero-order valence-electron chi connectivity index (χ0n) is 12.0. The van der Waals surface area contributed by atoms with Crippen LogP contribution in [-0.2, 0) is 10.1 Å². The molecule has 0 saturated heterocycles. The Labute approximate surface area is 135 Å². The van der Waals surface area contributed by atoms with Crippen LogP contribution in [-0.4, -0.2) is 36.3 Å². The van der Waals surface area contributed by atoms with E-state index in [1.165, 1.54) is 19.2 Å². The Kier molecular flexibility index (Phi) is 4.74. The van der Waals surface area contributed by atoms with Gasteiger partial charge in [0.25, 0.3) is 15.7 Å². The number of nitrogens with one attached hydrogen (secondary N) is 1. The molecule has 2 aromatic rings. The van der Waals surface area contributed by atoms with Gasteiger partial charge in [0.05, 0.1) is 12.8 Å². The number of hydrogen-bond donors (Lipinski definition) is 2. The minimum absolute atomic E-state index is 0.0214. The molecule has 0 fully saturated rings. The lowest BCUT2D eigenvalue weighted by Crippen LogP contribution is -2.14. The number of rotatable bonds is 4. The van der Waals surface area contributed by atoms with Crippen LogP contribution in [0, 0.1) is 11.3 Å². The van der Waals surface area contributed by atoms with Crippen molar-refractivity contribution >= 4 is 21.9 Å². The highest BCUT2D eigenvalue weighted by molar-refractivity contribution is 7.98. The standard InChI is InChI=1S/C13H11N3O5S2/c1-21-9-4-3-7(5-10(9)23(18,19)20)11-8(6-14)12(17)16-13(15-11)22-2/h3-5H,1-2H3,(H,15,16,17)(H,18,19,20). The normalized spacial score (nSPS) is 11.0. The molecule has 1 heterocycles. The van der Waals surface area contributed by atoms with E-state index in [1.54, 1.807) is 12.3 Å². The first-order valence-corrected chi connectivity index (χ1v) is 8.72. The average molecular weight is 353 g/mol. The molecule has 0 aliphatic carbocycles. The highest BCUT2D eigenvalue weighted by atomic mass is 32.2. The summed E-state index contributed by atoms with van der Waals surface area (Å²) in [6.07, 6.45) is 1.69. The predicted octanol–water partition coefficient (Wildman–Crippen LogP) is 1.29. The maximum Gasteiger partial charge on any atom is 0.298 e. The Morgan fingerprint density at radius 1 is 1.43 bits per heavy atom. The topological polar surface area (TPSA) is 133 Å². The van der Waals surface area contributed by atoms with Crippen molar-refractivity contribution in [2.24, 2.45) is 0 Å². The van der Waals surface area contributed by atoms with Crippen molar-refractivity contribution in [1.82, 2.24) is 9.97 Å². The van der Waals surface area contributed by atoms with Gasteiger partial charge < -0.3 is 9.72 Å². The van der Waals surface area contributed by atoms with Crippen LogP contribution in [0.5, 0.6) is 5.75 Å². The number of ether oxygens (including phenoxy) is 1. The average Bonchev–Trinajstić information content (AvgIpc) is 2.52. The monoisotopic (exact) mass is 353 g/mol. The van der Waals surface area contributed by atoms with Crippen LogP contribution in [0.4, 0.5) is 0 Å². The number of aromatic amines is 1. The van der Waals surface area contributed by atoms with Crippen molar-refractivity contribution in [3.63, 3.8) is 0 Å². The van der Waals surface area contributed by atoms with Crippen molar-refractivity contribution in [3.8, 4) is 23.1 Å². The first-order chi connectivity index (χ1) is 10.8. The molecule has 0 unspecified atom stereocenters. The van der Waals surface area contributed by atoms with Gasteiger partial charge in [0.1, 0.15) is 22.3 Å². The van der Waals surface area contributed by atoms with Gasteiger partial charge in [-0.25, -0.2) is 4.98 Å². The third kappa shape index (κ3) is 3.37. The van der Waals surface area contributed by atoms with Crippen LogP contribution in [0.25, 0.3) is 11.3 Å². The van der Waals surface area contributed by atoms with Gasteiger partial charge in [-0.05, 0) is 24.5 Å². The molecule has 120 valence electrons. The summed E-state index contributed by atoms with van der Waals surface area (Å²) < 4.78 is 37.1. The summed E-state index contributed by atoms with van der Waals surface area (Å²) in [4.78, 5) is 18.0. The molecule has 8 nitrogen and oxygen atoms in total. The van der Waals surface area contributed by atoms with Crippen molar-refractivity contribution in [3.05, 3.63) is 34.1 Å². The second kappa shape index (κ2) is 6.41. The molecular formula is C13H11N3O5S2. The largest absolute Gasteiger partial charge is 0.495 e. The lowest BCUT2D eigenvalue weighted by Gasteiger charge is -2.09. The summed E-state index contributed by atoms with van der Waals surface area (Å²) >= 11 is 1.16. The zero-order valence-corrected chi connectivity index (χ0v) is 13.7. The fraction of sp³-hybridized carbons (Fsp3) is 0.154. The molecule has 0 aliphatic rings. The van der Waals surface area contributed by atoms with Gasteiger partial charge in [-0.15, -0.1) is 0 Å². The number of benzene rings is 1. The fourth-order valence-electron chi connectivity index (χ4n) is 1.89. The summed E-state index contributed by atoms with van der Waals surface area (Å²) in [6, 6.07) is 5.59. The van der Waals surface area contributed by atoms with E-state index < -0.39 is 20.6 Å². The van der Waals surface area contributed by atoms with Gasteiger partial charge in [-0.3, -0.25) is 9.35 Å². The van der Waals surface area contributed by atoms with E-state index in [4.69, 9.17) is 10.00 Å². The third-order valence-electron chi connectivity index (χ3n) is 2.92. The second-order valence-corrected chi connectivity index (χ2v) is 6.44. The highest BCUT2D eigenvalue weighted by Crippen LogP contribution is 2.30. The smallest absolute Gasteiger partial charge is 0.298 e. The van der Waals surface area contributed by atoms with Crippen molar-refractivity contribution in [2.45, 2.75) is 10.1 Å². The fourth-order valence-corrected chi connectivity index (χ4v) is 2.95. The quantitative estimate of drug-likeness (QED) is 0.477. The van der Waals surface area contributed by atoms with Gasteiger partial charge in [-0.1, -0.05) is 11.8 Å². The minimum Gasteiger partial charge on any atom is -0.495 e. The molecule has 0 amide bonds. The summed E-state index contributed by atoms with van der Waals surface area (Å²) in [5.41, 5.74) is -0.676. The summed E-state index contributed by atoms with van der Waals surface area (Å²) in [5.74, 6) is -0.0651. The number of hydrogen-bond acceptors (Lipinski definition) is 7. The van der Waals surface area contributed by atoms with E-state index in [1.807, 2.05) is 0 Å². The first kappa shape index (κ1) is 17.0. The Hall–Kier alpha value is -2.35. The minimum atomic E-state index is -4.55. The van der Waals surface area contributed by atoms with Crippen LogP contribution < -0.4 is 10.3 Å². The number of thioether (sulfide) groups is 1. The van der Waals surface area contributed by atoms with Crippen LogP contribution in [0.3, 0.4) is 0 Å². The van der Waals surface area contributed by atoms with Gasteiger partial charge in [-0.2, -0.15) is 13.7 Å². The van der Waals surface area contributed by atoms with Gasteiger partial charge >= 0.3 is 0 Å². The molecule has 2 rings (SSSR count). The van der Waals surface area contributed by atoms with Gasteiger partial charge in [0.15, 0.2) is 5.16 Å². The second-order valence-electron chi connectivity index (χ2n) is 4.25. The number of H-pyrrole nitrogens is 1. The van der Waals surface area contributed by atoms with Crippen molar-refractivity contribution in [1.29, 1.82) is 5.26 Å². The van der Waals surface area contributed by atoms with E-state index in [9.17, 15) is 17.8 Å². The molecule has 0 bridgehead atoms. The summed E-state index contributed by atoms with van der Waals surface area (Å²) in [6.45, 7) is 0. The van der Waals surface area contributed by atoms with Crippen LogP contribution in [0.1, 0.15) is 5.56 Å². The van der Waals surface area contributed by atoms with E-state index in [-0.39, 0.29) is 27.7 Å². The molecule has 23 heavy (non-hydrogen) atoms. The maximum absolute atomic E-state index is 11.9. The molecule has 0 aliphatic heterocycles. The lowest BCUT2D eigenvalue weighted by molar-refractivity contribution is 0.397. The maximum atomic E-state index is 11.9. The molecule has 0 radical (unpaired) electrons. The summed E-state index contributed by atoms with van der Waals surface area (Å²) in [5, 5.41) is 9.42. The molecule has 1 aromatic heterocycles. The van der Waals surface area contributed by atoms with Crippen LogP contribution in [0.15, 0.2) is 33.0 Å². The molecule has 2 N–H and O–H groups in total. The Morgan fingerprint density at radius 2 is 2.13 bits per heavy atom.